The number of Topliss-reactive ketones (excluding diaryl/α,β-unsaturated/α-hetero) is 1. The largest absolute Gasteiger partial charge is 0.507 e. The number of fused-ring (bicyclic) bond motifs is 2. The van der Waals surface area contributed by atoms with Crippen LogP contribution in [0, 0.1) is 0 Å². The molecule has 0 radical (unpaired) electrons. The average molecular weight is 498 g/mol. The molecule has 1 saturated heterocycles. The van der Waals surface area contributed by atoms with Crippen molar-refractivity contribution in [1.82, 2.24) is 9.88 Å². The Hall–Kier alpha value is -4.46. The predicted molar refractivity (Wildman–Crippen MR) is 138 cm³/mol. The summed E-state index contributed by atoms with van der Waals surface area (Å²) in [5, 5.41) is 11.5. The number of carbonyl (C=O) groups excluding carboxylic acids is 3. The van der Waals surface area contributed by atoms with Gasteiger partial charge in [-0.25, -0.2) is 0 Å². The van der Waals surface area contributed by atoms with Gasteiger partial charge in [-0.05, 0) is 55.3 Å². The van der Waals surface area contributed by atoms with E-state index in [0.29, 0.717) is 41.3 Å². The minimum absolute atomic E-state index is 0.0311. The lowest BCUT2D eigenvalue weighted by molar-refractivity contribution is -0.144. The molecule has 2 aliphatic rings. The first-order valence-corrected chi connectivity index (χ1v) is 12.3. The number of amides is 2. The number of carbonyl (C=O) groups is 3. The molecule has 1 aromatic heterocycles. The zero-order chi connectivity index (χ0) is 26.2. The second kappa shape index (κ2) is 9.54. The summed E-state index contributed by atoms with van der Waals surface area (Å²) in [6.45, 7) is 4.68. The Kier molecular flexibility index (Phi) is 6.25. The van der Waals surface area contributed by atoms with Crippen LogP contribution in [-0.4, -0.2) is 45.7 Å². The van der Waals surface area contributed by atoms with Crippen LogP contribution >= 0.6 is 0 Å². The van der Waals surface area contributed by atoms with E-state index in [4.69, 9.17) is 4.74 Å². The van der Waals surface area contributed by atoms with Crippen LogP contribution in [0.4, 0.5) is 5.69 Å². The molecule has 8 heteroatoms. The van der Waals surface area contributed by atoms with Crippen molar-refractivity contribution >= 4 is 29.0 Å². The molecule has 2 amide bonds. The van der Waals surface area contributed by atoms with Crippen molar-refractivity contribution < 1.29 is 24.2 Å². The lowest BCUT2D eigenvalue weighted by Gasteiger charge is -2.34. The average Bonchev–Trinajstić information content (AvgIpc) is 3.31. The molecule has 3 aromatic rings. The molecule has 1 N–H and O–H groups in total. The van der Waals surface area contributed by atoms with E-state index >= 15 is 0 Å². The Balaban J connectivity index is 1.74. The highest BCUT2D eigenvalue weighted by Gasteiger charge is 2.66. The number of anilines is 1. The number of likely N-dealkylation sites (N-methyl/N-ethyl adjacent to an activating group) is 1. The van der Waals surface area contributed by atoms with Gasteiger partial charge in [0.05, 0.1) is 17.9 Å². The molecule has 0 saturated carbocycles. The van der Waals surface area contributed by atoms with Crippen molar-refractivity contribution in [2.24, 2.45) is 0 Å². The molecule has 2 aliphatic heterocycles. The fraction of sp³-hybridized carbons (Fsp3) is 0.241. The molecule has 1 atom stereocenters. The first kappa shape index (κ1) is 24.2. The van der Waals surface area contributed by atoms with Crippen LogP contribution in [0.15, 0.2) is 78.6 Å². The predicted octanol–water partition coefficient (Wildman–Crippen LogP) is 4.01. The molecule has 1 fully saturated rings. The van der Waals surface area contributed by atoms with E-state index in [-0.39, 0.29) is 12.1 Å². The summed E-state index contributed by atoms with van der Waals surface area (Å²) in [5.41, 5.74) is -0.00380. The first-order chi connectivity index (χ1) is 17.9. The SMILES string of the molecule is CCCOc1ccc(/C(O)=C2\C(=O)C(=O)N(Cc3cccnc3)C23C(=O)N(CC)c2ccccc23)cc1. The molecular formula is C29H27N3O5. The summed E-state index contributed by atoms with van der Waals surface area (Å²) in [6, 6.07) is 17.2. The van der Waals surface area contributed by atoms with Gasteiger partial charge in [-0.3, -0.25) is 19.4 Å². The van der Waals surface area contributed by atoms with Crippen molar-refractivity contribution in [3.63, 3.8) is 0 Å². The lowest BCUT2D eigenvalue weighted by Crippen LogP contribution is -2.51. The van der Waals surface area contributed by atoms with Gasteiger partial charge in [0, 0.05) is 36.6 Å². The molecule has 1 spiro atoms. The quantitative estimate of drug-likeness (QED) is 0.301. The van der Waals surface area contributed by atoms with Crippen molar-refractivity contribution in [3.8, 4) is 5.75 Å². The highest BCUT2D eigenvalue weighted by molar-refractivity contribution is 6.50. The number of rotatable bonds is 7. The molecule has 3 heterocycles. The number of likely N-dealkylation sites (tertiary alicyclic amines) is 1. The van der Waals surface area contributed by atoms with Crippen LogP contribution in [-0.2, 0) is 26.5 Å². The summed E-state index contributed by atoms with van der Waals surface area (Å²) in [7, 11) is 0. The number of aromatic nitrogens is 1. The van der Waals surface area contributed by atoms with Crippen LogP contribution in [0.1, 0.15) is 37.0 Å². The number of benzene rings is 2. The van der Waals surface area contributed by atoms with E-state index in [1.165, 1.54) is 4.90 Å². The fourth-order valence-corrected chi connectivity index (χ4v) is 5.15. The Bertz CT molecular complexity index is 1400. The lowest BCUT2D eigenvalue weighted by atomic mass is 9.81. The summed E-state index contributed by atoms with van der Waals surface area (Å²) in [4.78, 5) is 48.3. The number of pyridine rings is 1. The van der Waals surface area contributed by atoms with Gasteiger partial charge >= 0.3 is 0 Å². The number of nitrogens with zero attached hydrogens (tertiary/aromatic N) is 3. The van der Waals surface area contributed by atoms with E-state index < -0.39 is 28.9 Å². The zero-order valence-corrected chi connectivity index (χ0v) is 20.7. The van der Waals surface area contributed by atoms with Crippen molar-refractivity contribution in [2.45, 2.75) is 32.4 Å². The van der Waals surface area contributed by atoms with E-state index in [0.717, 1.165) is 6.42 Å². The highest BCUT2D eigenvalue weighted by atomic mass is 16.5. The monoisotopic (exact) mass is 497 g/mol. The fourth-order valence-electron chi connectivity index (χ4n) is 5.15. The number of hydrogen-bond donors (Lipinski definition) is 1. The maximum Gasteiger partial charge on any atom is 0.296 e. The maximum atomic E-state index is 14.2. The van der Waals surface area contributed by atoms with Gasteiger partial charge in [0.15, 0.2) is 5.54 Å². The smallest absolute Gasteiger partial charge is 0.296 e. The number of aliphatic hydroxyl groups is 1. The number of hydrogen-bond acceptors (Lipinski definition) is 6. The van der Waals surface area contributed by atoms with Crippen LogP contribution < -0.4 is 9.64 Å². The molecule has 0 bridgehead atoms. The number of ketones is 1. The summed E-state index contributed by atoms with van der Waals surface area (Å²) in [6.07, 6.45) is 4.04. The summed E-state index contributed by atoms with van der Waals surface area (Å²) in [5.74, 6) is -2.01. The minimum atomic E-state index is -1.81. The third-order valence-corrected chi connectivity index (χ3v) is 6.79. The maximum absolute atomic E-state index is 14.2. The Labute approximate surface area is 214 Å². The second-order valence-electron chi connectivity index (χ2n) is 8.96. The molecule has 1 unspecified atom stereocenters. The van der Waals surface area contributed by atoms with Gasteiger partial charge in [-0.2, -0.15) is 0 Å². The standard InChI is InChI=1S/C29H27N3O5/c1-3-16-37-21-13-11-20(12-14-21)25(33)24-26(34)27(35)32(18-19-8-7-15-30-17-19)29(24)22-9-5-6-10-23(22)31(4-2)28(29)36/h5-15,17,33H,3-4,16,18H2,1-2H3/b25-24-. The van der Waals surface area contributed by atoms with E-state index in [1.807, 2.05) is 13.8 Å². The Morgan fingerprint density at radius 3 is 2.43 bits per heavy atom. The Morgan fingerprint density at radius 2 is 1.76 bits per heavy atom. The second-order valence-corrected chi connectivity index (χ2v) is 8.96. The van der Waals surface area contributed by atoms with Crippen LogP contribution in [0.5, 0.6) is 5.75 Å². The first-order valence-electron chi connectivity index (χ1n) is 12.3. The number of ether oxygens (including phenoxy) is 1. The summed E-state index contributed by atoms with van der Waals surface area (Å²) >= 11 is 0. The third kappa shape index (κ3) is 3.67. The van der Waals surface area contributed by atoms with Gasteiger partial charge in [-0.1, -0.05) is 31.2 Å². The minimum Gasteiger partial charge on any atom is -0.507 e. The topological polar surface area (TPSA) is 100 Å². The van der Waals surface area contributed by atoms with E-state index in [1.54, 1.807) is 78.0 Å². The highest BCUT2D eigenvalue weighted by Crippen LogP contribution is 2.54. The third-order valence-electron chi connectivity index (χ3n) is 6.79. The normalized spacial score (nSPS) is 20.1. The van der Waals surface area contributed by atoms with Crippen molar-refractivity contribution in [3.05, 3.63) is 95.3 Å². The molecule has 5 rings (SSSR count). The van der Waals surface area contributed by atoms with Crippen LogP contribution in [0.3, 0.4) is 0 Å². The number of aliphatic hydroxyl groups excluding tert-OH is 1. The molecule has 2 aromatic carbocycles. The van der Waals surface area contributed by atoms with Crippen LogP contribution in [0.25, 0.3) is 5.76 Å². The van der Waals surface area contributed by atoms with Crippen LogP contribution in [0.2, 0.25) is 0 Å². The molecule has 37 heavy (non-hydrogen) atoms. The van der Waals surface area contributed by atoms with Crippen molar-refractivity contribution in [1.29, 1.82) is 0 Å². The van der Waals surface area contributed by atoms with Gasteiger partial charge in [0.25, 0.3) is 17.6 Å². The molecule has 0 aliphatic carbocycles. The molecule has 188 valence electrons. The Morgan fingerprint density at radius 1 is 1.00 bits per heavy atom. The van der Waals surface area contributed by atoms with Crippen molar-refractivity contribution in [2.75, 3.05) is 18.1 Å². The van der Waals surface area contributed by atoms with Gasteiger partial charge in [-0.15, -0.1) is 0 Å². The van der Waals surface area contributed by atoms with Gasteiger partial charge < -0.3 is 19.6 Å². The van der Waals surface area contributed by atoms with Gasteiger partial charge in [0.2, 0.25) is 0 Å². The number of para-hydroxylation sites is 1. The van der Waals surface area contributed by atoms with E-state index in [9.17, 15) is 19.5 Å². The zero-order valence-electron chi connectivity index (χ0n) is 20.7. The molecule has 8 nitrogen and oxygen atoms in total. The summed E-state index contributed by atoms with van der Waals surface area (Å²) < 4.78 is 5.63. The van der Waals surface area contributed by atoms with E-state index in [2.05, 4.69) is 4.98 Å². The van der Waals surface area contributed by atoms with Gasteiger partial charge in [0.1, 0.15) is 11.5 Å². The molecular weight excluding hydrogens is 470 g/mol.